The SMILES string of the molecule is CC1(C)C(C#N)=C(SCC(=O)NC(=O)NCc2ccco2)NC(=O)[C@@H]1C#N. The number of imide groups is 1. The van der Waals surface area contributed by atoms with E-state index in [9.17, 15) is 19.6 Å². The quantitative estimate of drug-likeness (QED) is 0.691. The Kier molecular flexibility index (Phi) is 6.27. The predicted octanol–water partition coefficient (Wildman–Crippen LogP) is 1.37. The first kappa shape index (κ1) is 20.1. The Balaban J connectivity index is 1.94. The zero-order valence-electron chi connectivity index (χ0n) is 14.7. The topological polar surface area (TPSA) is 148 Å². The number of nitriles is 2. The maximum atomic E-state index is 12.1. The lowest BCUT2D eigenvalue weighted by molar-refractivity contribution is -0.125. The summed E-state index contributed by atoms with van der Waals surface area (Å²) in [5.41, 5.74) is -0.765. The third-order valence-corrected chi connectivity index (χ3v) is 4.94. The highest BCUT2D eigenvalue weighted by Gasteiger charge is 2.44. The van der Waals surface area contributed by atoms with E-state index in [0.717, 1.165) is 11.8 Å². The van der Waals surface area contributed by atoms with Gasteiger partial charge in [-0.05, 0) is 12.1 Å². The van der Waals surface area contributed by atoms with Crippen molar-refractivity contribution in [2.24, 2.45) is 11.3 Å². The molecule has 0 fully saturated rings. The van der Waals surface area contributed by atoms with Gasteiger partial charge in [0, 0.05) is 5.41 Å². The van der Waals surface area contributed by atoms with Crippen LogP contribution in [0.5, 0.6) is 0 Å². The Bertz CT molecular complexity index is 861. The zero-order chi connectivity index (χ0) is 20.0. The number of carbonyl (C=O) groups is 3. The molecule has 1 aliphatic heterocycles. The standard InChI is InChI=1S/C17H17N5O4S/c1-17(2)11(6-18)14(24)22-15(12(17)7-19)27-9-13(23)21-16(25)20-8-10-4-3-5-26-10/h3-5,11H,8-9H2,1-2H3,(H,22,24)(H2,20,21,23,25)/t11-/m0/s1. The number of amides is 4. The lowest BCUT2D eigenvalue weighted by Gasteiger charge is -2.34. The van der Waals surface area contributed by atoms with Crippen LogP contribution in [0.25, 0.3) is 0 Å². The molecule has 1 aliphatic rings. The summed E-state index contributed by atoms with van der Waals surface area (Å²) in [4.78, 5) is 35.7. The average Bonchev–Trinajstić information content (AvgIpc) is 3.11. The molecule has 0 unspecified atom stereocenters. The third-order valence-electron chi connectivity index (χ3n) is 3.94. The van der Waals surface area contributed by atoms with E-state index in [-0.39, 0.29) is 22.9 Å². The third kappa shape index (κ3) is 4.68. The number of nitrogens with one attached hydrogen (secondary N) is 3. The van der Waals surface area contributed by atoms with Crippen molar-refractivity contribution in [3.8, 4) is 12.1 Å². The second-order valence-corrected chi connectivity index (χ2v) is 7.17. The van der Waals surface area contributed by atoms with Gasteiger partial charge in [-0.3, -0.25) is 14.9 Å². The molecule has 0 saturated heterocycles. The molecule has 0 spiro atoms. The van der Waals surface area contributed by atoms with Crippen molar-refractivity contribution >= 4 is 29.6 Å². The summed E-state index contributed by atoms with van der Waals surface area (Å²) >= 11 is 0.920. The van der Waals surface area contributed by atoms with E-state index in [4.69, 9.17) is 9.68 Å². The van der Waals surface area contributed by atoms with Gasteiger partial charge in [0.15, 0.2) is 0 Å². The molecule has 2 heterocycles. The molecule has 0 bridgehead atoms. The summed E-state index contributed by atoms with van der Waals surface area (Å²) in [6.45, 7) is 3.38. The number of hydrogen-bond donors (Lipinski definition) is 3. The largest absolute Gasteiger partial charge is 0.467 e. The van der Waals surface area contributed by atoms with Gasteiger partial charge in [0.1, 0.15) is 11.7 Å². The van der Waals surface area contributed by atoms with Crippen molar-refractivity contribution in [2.45, 2.75) is 20.4 Å². The summed E-state index contributed by atoms with van der Waals surface area (Å²) in [6.07, 6.45) is 1.47. The van der Waals surface area contributed by atoms with Crippen LogP contribution in [-0.2, 0) is 16.1 Å². The first-order valence-electron chi connectivity index (χ1n) is 7.87. The molecule has 0 aromatic carbocycles. The molecule has 27 heavy (non-hydrogen) atoms. The number of carbonyl (C=O) groups excluding carboxylic acids is 3. The van der Waals surface area contributed by atoms with Gasteiger partial charge >= 0.3 is 6.03 Å². The maximum Gasteiger partial charge on any atom is 0.321 e. The van der Waals surface area contributed by atoms with E-state index in [1.165, 1.54) is 6.26 Å². The predicted molar refractivity (Wildman–Crippen MR) is 95.2 cm³/mol. The zero-order valence-corrected chi connectivity index (χ0v) is 15.5. The number of hydrogen-bond acceptors (Lipinski definition) is 7. The summed E-state index contributed by atoms with van der Waals surface area (Å²) in [6, 6.07) is 6.56. The van der Waals surface area contributed by atoms with Crippen LogP contribution in [0, 0.1) is 34.0 Å². The summed E-state index contributed by atoms with van der Waals surface area (Å²) in [5, 5.41) is 25.9. The van der Waals surface area contributed by atoms with E-state index >= 15 is 0 Å². The number of rotatable bonds is 5. The average molecular weight is 387 g/mol. The highest BCUT2D eigenvalue weighted by molar-refractivity contribution is 8.03. The second-order valence-electron chi connectivity index (χ2n) is 6.19. The van der Waals surface area contributed by atoms with Gasteiger partial charge in [-0.15, -0.1) is 0 Å². The fraction of sp³-hybridized carbons (Fsp3) is 0.353. The van der Waals surface area contributed by atoms with Gasteiger partial charge in [0.2, 0.25) is 11.8 Å². The molecule has 0 radical (unpaired) electrons. The molecule has 0 saturated carbocycles. The molecule has 1 aromatic heterocycles. The Morgan fingerprint density at radius 2 is 2.15 bits per heavy atom. The highest BCUT2D eigenvalue weighted by Crippen LogP contribution is 2.41. The first-order valence-corrected chi connectivity index (χ1v) is 8.86. The van der Waals surface area contributed by atoms with E-state index in [1.54, 1.807) is 26.0 Å². The van der Waals surface area contributed by atoms with Crippen LogP contribution in [0.4, 0.5) is 4.79 Å². The van der Waals surface area contributed by atoms with Gasteiger partial charge < -0.3 is 15.1 Å². The molecule has 10 heteroatoms. The summed E-state index contributed by atoms with van der Waals surface area (Å²) < 4.78 is 5.06. The van der Waals surface area contributed by atoms with Crippen LogP contribution in [0.3, 0.4) is 0 Å². The van der Waals surface area contributed by atoms with Crippen molar-refractivity contribution in [1.29, 1.82) is 10.5 Å². The maximum absolute atomic E-state index is 12.1. The van der Waals surface area contributed by atoms with Gasteiger partial charge in [-0.2, -0.15) is 10.5 Å². The molecule has 2 rings (SSSR count). The van der Waals surface area contributed by atoms with Crippen molar-refractivity contribution in [3.63, 3.8) is 0 Å². The van der Waals surface area contributed by atoms with E-state index in [0.29, 0.717) is 5.76 Å². The van der Waals surface area contributed by atoms with Crippen LogP contribution in [0.1, 0.15) is 19.6 Å². The van der Waals surface area contributed by atoms with E-state index in [1.807, 2.05) is 12.1 Å². The lowest BCUT2D eigenvalue weighted by atomic mass is 9.72. The van der Waals surface area contributed by atoms with Crippen molar-refractivity contribution < 1.29 is 18.8 Å². The first-order chi connectivity index (χ1) is 12.8. The molecule has 140 valence electrons. The van der Waals surface area contributed by atoms with Crippen molar-refractivity contribution in [2.75, 3.05) is 5.75 Å². The van der Waals surface area contributed by atoms with Crippen molar-refractivity contribution in [3.05, 3.63) is 34.8 Å². The Morgan fingerprint density at radius 1 is 1.41 bits per heavy atom. The minimum Gasteiger partial charge on any atom is -0.467 e. The number of furan rings is 1. The molecule has 0 aliphatic carbocycles. The van der Waals surface area contributed by atoms with Crippen molar-refractivity contribution in [1.82, 2.24) is 16.0 Å². The minimum absolute atomic E-state index is 0.128. The monoisotopic (exact) mass is 387 g/mol. The second kappa shape index (κ2) is 8.43. The van der Waals surface area contributed by atoms with Gasteiger partial charge in [-0.1, -0.05) is 25.6 Å². The fourth-order valence-corrected chi connectivity index (χ4v) is 3.43. The Hall–Kier alpha value is -3.24. The number of urea groups is 1. The Morgan fingerprint density at radius 3 is 2.74 bits per heavy atom. The van der Waals surface area contributed by atoms with Crippen LogP contribution in [0.15, 0.2) is 33.4 Å². The van der Waals surface area contributed by atoms with Crippen LogP contribution >= 0.6 is 11.8 Å². The summed E-state index contributed by atoms with van der Waals surface area (Å²) in [5.74, 6) is -1.79. The molecule has 1 aromatic rings. The lowest BCUT2D eigenvalue weighted by Crippen LogP contribution is -2.45. The van der Waals surface area contributed by atoms with Crippen LogP contribution in [0.2, 0.25) is 0 Å². The highest BCUT2D eigenvalue weighted by atomic mass is 32.2. The van der Waals surface area contributed by atoms with Gasteiger partial charge in [-0.25, -0.2) is 4.79 Å². The molecule has 1 atom stereocenters. The number of allylic oxidation sites excluding steroid dienone is 1. The van der Waals surface area contributed by atoms with Gasteiger partial charge in [0.25, 0.3) is 0 Å². The normalized spacial score (nSPS) is 18.1. The smallest absolute Gasteiger partial charge is 0.321 e. The Labute approximate surface area is 159 Å². The number of thioether (sulfide) groups is 1. The van der Waals surface area contributed by atoms with E-state index in [2.05, 4.69) is 16.0 Å². The summed E-state index contributed by atoms with van der Waals surface area (Å²) in [7, 11) is 0. The van der Waals surface area contributed by atoms with Crippen LogP contribution in [-0.4, -0.2) is 23.6 Å². The molecule has 9 nitrogen and oxygen atoms in total. The number of nitrogens with zero attached hydrogens (tertiary/aromatic N) is 2. The van der Waals surface area contributed by atoms with Gasteiger partial charge in [0.05, 0.1) is 41.3 Å². The molecule has 3 N–H and O–H groups in total. The molecular formula is C17H17N5O4S. The fourth-order valence-electron chi connectivity index (χ4n) is 2.46. The molecular weight excluding hydrogens is 370 g/mol. The molecule has 4 amide bonds. The minimum atomic E-state index is -1.00. The van der Waals surface area contributed by atoms with Crippen LogP contribution < -0.4 is 16.0 Å². The van der Waals surface area contributed by atoms with E-state index < -0.39 is 29.2 Å².